The van der Waals surface area contributed by atoms with Crippen LogP contribution in [0.1, 0.15) is 44.5 Å². The minimum absolute atomic E-state index is 0.604. The molecule has 3 heteroatoms. The van der Waals surface area contributed by atoms with Gasteiger partial charge in [0.15, 0.2) is 0 Å². The molecule has 0 amide bonds. The van der Waals surface area contributed by atoms with E-state index < -0.39 is 10.8 Å². The van der Waals surface area contributed by atoms with Crippen molar-refractivity contribution in [1.29, 1.82) is 0 Å². The van der Waals surface area contributed by atoms with Crippen LogP contribution in [0, 0.1) is 0 Å². The number of hydrogen-bond acceptors (Lipinski definition) is 3. The summed E-state index contributed by atoms with van der Waals surface area (Å²) in [6.45, 7) is 0. The Bertz CT molecular complexity index is 3280. The second-order valence-corrected chi connectivity index (χ2v) is 17.0. The number of benzene rings is 10. The normalized spacial score (nSPS) is 14.5. The lowest BCUT2D eigenvalue weighted by Crippen LogP contribution is -2.32. The van der Waals surface area contributed by atoms with E-state index in [1.165, 1.54) is 55.3 Å². The number of nitrogens with zero attached hydrogens (tertiary/aromatic N) is 1. The SMILES string of the molecule is c1ccc2c(c1)Oc1ccccc1C21c2ccccc2-c2c(N(c3ccc4ccccc4c3)c3cccc4c3-c3ccccc3C43c4ccccc4Oc4ccccc43)cccc21. The van der Waals surface area contributed by atoms with E-state index in [4.69, 9.17) is 9.47 Å². The molecule has 2 spiro atoms. The lowest BCUT2D eigenvalue weighted by atomic mass is 9.66. The highest BCUT2D eigenvalue weighted by Crippen LogP contribution is 2.67. The molecule has 2 heterocycles. The van der Waals surface area contributed by atoms with Crippen molar-refractivity contribution in [2.75, 3.05) is 4.90 Å². The van der Waals surface area contributed by atoms with Crippen molar-refractivity contribution >= 4 is 27.8 Å². The molecule has 0 saturated carbocycles. The van der Waals surface area contributed by atoms with Crippen molar-refractivity contribution in [3.05, 3.63) is 269 Å². The van der Waals surface area contributed by atoms with Crippen molar-refractivity contribution in [3.63, 3.8) is 0 Å². The Morgan fingerprint density at radius 3 is 1.11 bits per heavy atom. The first-order valence-corrected chi connectivity index (χ1v) is 21.8. The van der Waals surface area contributed by atoms with Crippen LogP contribution < -0.4 is 14.4 Å². The van der Waals surface area contributed by atoms with E-state index in [1.54, 1.807) is 0 Å². The predicted molar refractivity (Wildman–Crippen MR) is 253 cm³/mol. The van der Waals surface area contributed by atoms with Gasteiger partial charge in [-0.3, -0.25) is 0 Å². The van der Waals surface area contributed by atoms with E-state index in [0.717, 1.165) is 62.3 Å². The maximum Gasteiger partial charge on any atom is 0.132 e. The monoisotopic (exact) mass is 803 g/mol. The molecule has 0 bridgehead atoms. The van der Waals surface area contributed by atoms with Crippen molar-refractivity contribution in [1.82, 2.24) is 0 Å². The van der Waals surface area contributed by atoms with Gasteiger partial charge in [0, 0.05) is 39.1 Å². The molecule has 294 valence electrons. The lowest BCUT2D eigenvalue weighted by molar-refractivity contribution is 0.436. The Labute approximate surface area is 365 Å². The number of para-hydroxylation sites is 4. The van der Waals surface area contributed by atoms with E-state index in [1.807, 2.05) is 0 Å². The summed E-state index contributed by atoms with van der Waals surface area (Å²) in [6, 6.07) is 82.0. The van der Waals surface area contributed by atoms with Gasteiger partial charge in [0.2, 0.25) is 0 Å². The molecule has 3 nitrogen and oxygen atoms in total. The van der Waals surface area contributed by atoms with Gasteiger partial charge in [-0.25, -0.2) is 0 Å². The molecular formula is C60H37NO2. The average molecular weight is 804 g/mol. The minimum Gasteiger partial charge on any atom is -0.457 e. The van der Waals surface area contributed by atoms with Gasteiger partial charge in [0.25, 0.3) is 0 Å². The third-order valence-electron chi connectivity index (χ3n) is 14.2. The molecule has 63 heavy (non-hydrogen) atoms. The van der Waals surface area contributed by atoms with Crippen LogP contribution in [0.4, 0.5) is 17.1 Å². The Balaban J connectivity index is 1.11. The molecule has 10 aromatic carbocycles. The predicted octanol–water partition coefficient (Wildman–Crippen LogP) is 15.2. The summed E-state index contributed by atoms with van der Waals surface area (Å²) < 4.78 is 13.4. The zero-order valence-corrected chi connectivity index (χ0v) is 34.1. The molecule has 4 aliphatic rings. The Morgan fingerprint density at radius 2 is 0.651 bits per heavy atom. The van der Waals surface area contributed by atoms with Gasteiger partial charge in [-0.15, -0.1) is 0 Å². The summed E-state index contributed by atoms with van der Waals surface area (Å²) in [4.78, 5) is 2.55. The third-order valence-corrected chi connectivity index (χ3v) is 14.2. The van der Waals surface area contributed by atoms with Crippen LogP contribution in [0.15, 0.2) is 224 Å². The van der Waals surface area contributed by atoms with Gasteiger partial charge in [-0.2, -0.15) is 0 Å². The van der Waals surface area contributed by atoms with Crippen molar-refractivity contribution in [3.8, 4) is 45.3 Å². The number of ether oxygens (including phenoxy) is 2. The maximum absolute atomic E-state index is 6.72. The largest absolute Gasteiger partial charge is 0.457 e. The minimum atomic E-state index is -0.604. The van der Waals surface area contributed by atoms with Crippen LogP contribution in [0.3, 0.4) is 0 Å². The highest BCUT2D eigenvalue weighted by atomic mass is 16.5. The van der Waals surface area contributed by atoms with E-state index in [9.17, 15) is 0 Å². The third kappa shape index (κ3) is 4.38. The van der Waals surface area contributed by atoms with Gasteiger partial charge in [-0.1, -0.05) is 176 Å². The fraction of sp³-hybridized carbons (Fsp3) is 0.0333. The smallest absolute Gasteiger partial charge is 0.132 e. The first kappa shape index (κ1) is 34.6. The van der Waals surface area contributed by atoms with Crippen LogP contribution in [0.25, 0.3) is 33.0 Å². The summed E-state index contributed by atoms with van der Waals surface area (Å²) >= 11 is 0. The van der Waals surface area contributed by atoms with E-state index in [2.05, 4.69) is 229 Å². The zero-order valence-electron chi connectivity index (χ0n) is 34.1. The number of hydrogen-bond donors (Lipinski definition) is 0. The molecule has 0 aromatic heterocycles. The van der Waals surface area contributed by atoms with Crippen LogP contribution >= 0.6 is 0 Å². The molecule has 0 unspecified atom stereocenters. The molecule has 0 fully saturated rings. The van der Waals surface area contributed by atoms with Crippen LogP contribution in [0.5, 0.6) is 23.0 Å². The molecule has 0 radical (unpaired) electrons. The zero-order chi connectivity index (χ0) is 41.3. The van der Waals surface area contributed by atoms with Gasteiger partial charge in [-0.05, 0) is 92.7 Å². The summed E-state index contributed by atoms with van der Waals surface area (Å²) in [5.74, 6) is 3.54. The fourth-order valence-electron chi connectivity index (χ4n) is 11.9. The Morgan fingerprint density at radius 1 is 0.286 bits per heavy atom. The van der Waals surface area contributed by atoms with Crippen molar-refractivity contribution < 1.29 is 9.47 Å². The summed E-state index contributed by atoms with van der Waals surface area (Å²) in [5.41, 5.74) is 16.6. The Kier molecular flexibility index (Phi) is 6.97. The molecule has 0 saturated heterocycles. The molecular weight excluding hydrogens is 767 g/mol. The van der Waals surface area contributed by atoms with Crippen LogP contribution in [-0.2, 0) is 10.8 Å². The molecule has 0 atom stereocenters. The second kappa shape index (κ2) is 12.7. The topological polar surface area (TPSA) is 21.7 Å². The first-order valence-electron chi connectivity index (χ1n) is 21.8. The molecule has 2 aliphatic carbocycles. The molecule has 0 N–H and O–H groups in total. The van der Waals surface area contributed by atoms with E-state index in [-0.39, 0.29) is 0 Å². The number of anilines is 3. The summed E-state index contributed by atoms with van der Waals surface area (Å²) in [6.07, 6.45) is 0. The van der Waals surface area contributed by atoms with Crippen LogP contribution in [0.2, 0.25) is 0 Å². The maximum atomic E-state index is 6.72. The lowest BCUT2D eigenvalue weighted by Gasteiger charge is -2.40. The molecule has 2 aliphatic heterocycles. The van der Waals surface area contributed by atoms with Crippen molar-refractivity contribution in [2.24, 2.45) is 0 Å². The average Bonchev–Trinajstić information content (AvgIpc) is 3.81. The number of fused-ring (bicyclic) bond motifs is 19. The first-order chi connectivity index (χ1) is 31.3. The highest BCUT2D eigenvalue weighted by Gasteiger charge is 2.54. The highest BCUT2D eigenvalue weighted by molar-refractivity contribution is 6.04. The van der Waals surface area contributed by atoms with E-state index in [0.29, 0.717) is 0 Å². The number of rotatable bonds is 3. The van der Waals surface area contributed by atoms with Gasteiger partial charge in [0.1, 0.15) is 23.0 Å². The quantitative estimate of drug-likeness (QED) is 0.178. The van der Waals surface area contributed by atoms with Crippen LogP contribution in [-0.4, -0.2) is 0 Å². The van der Waals surface area contributed by atoms with Gasteiger partial charge in [0.05, 0.1) is 22.2 Å². The van der Waals surface area contributed by atoms with Gasteiger partial charge >= 0.3 is 0 Å². The van der Waals surface area contributed by atoms with E-state index >= 15 is 0 Å². The summed E-state index contributed by atoms with van der Waals surface area (Å²) in [7, 11) is 0. The van der Waals surface area contributed by atoms with Crippen molar-refractivity contribution in [2.45, 2.75) is 10.8 Å². The standard InChI is InChI=1S/C60H37NO2/c1-2-18-39-37-40(36-35-38(39)17-1)61(51-29-15-27-49-57(51)41-19-3-5-21-43(41)59(49)45-23-7-11-31-53(45)62-54-32-12-8-24-46(54)59)52-30-16-28-50-58(52)42-20-4-6-22-44(42)60(50)47-25-9-13-33-55(47)63-56-34-14-10-26-48(56)60/h1-37H. The Hall–Kier alpha value is -8.14. The van der Waals surface area contributed by atoms with Gasteiger partial charge < -0.3 is 14.4 Å². The second-order valence-electron chi connectivity index (χ2n) is 17.0. The molecule has 14 rings (SSSR count). The fourth-order valence-corrected chi connectivity index (χ4v) is 11.9. The molecule has 10 aromatic rings. The summed E-state index contributed by atoms with van der Waals surface area (Å²) in [5, 5.41) is 2.39.